The van der Waals surface area contributed by atoms with Gasteiger partial charge in [0.15, 0.2) is 5.38 Å². The van der Waals surface area contributed by atoms with Crippen LogP contribution in [0, 0.1) is 0 Å². The monoisotopic (exact) mass is 306 g/mol. The number of hydrogen-bond acceptors (Lipinski definition) is 3. The maximum atomic E-state index is 12.0. The van der Waals surface area contributed by atoms with E-state index in [1.165, 1.54) is 0 Å². The lowest BCUT2D eigenvalue weighted by atomic mass is 10.0. The first-order chi connectivity index (χ1) is 9.79. The zero-order chi connectivity index (χ0) is 15.6. The van der Waals surface area contributed by atoms with Crippen LogP contribution in [0.25, 0.3) is 11.1 Å². The number of carbonyl (C=O) groups is 1. The third-order valence-electron chi connectivity index (χ3n) is 3.05. The van der Waals surface area contributed by atoms with E-state index in [9.17, 15) is 9.90 Å². The number of aliphatic hydroxyl groups excluding tert-OH is 1. The topological polar surface area (TPSA) is 46.5 Å². The second-order valence-corrected chi connectivity index (χ2v) is 6.42. The predicted molar refractivity (Wildman–Crippen MR) is 83.5 cm³/mol. The van der Waals surface area contributed by atoms with Crippen molar-refractivity contribution >= 4 is 17.6 Å². The Morgan fingerprint density at radius 3 is 2.48 bits per heavy atom. The second kappa shape index (κ2) is 6.04. The van der Waals surface area contributed by atoms with Crippen LogP contribution in [0.5, 0.6) is 0 Å². The maximum Gasteiger partial charge on any atom is 0.327 e. The molecule has 0 fully saturated rings. The molecule has 0 spiro atoms. The van der Waals surface area contributed by atoms with E-state index in [1.807, 2.05) is 36.4 Å². The highest BCUT2D eigenvalue weighted by Gasteiger charge is 2.32. The molecule has 1 N–H and O–H groups in total. The van der Waals surface area contributed by atoms with Gasteiger partial charge in [-0.1, -0.05) is 42.5 Å². The van der Waals surface area contributed by atoms with Crippen molar-refractivity contribution in [3.8, 4) is 11.1 Å². The smallest absolute Gasteiger partial charge is 0.327 e. The number of alkyl halides is 1. The molecule has 4 heteroatoms. The van der Waals surface area contributed by atoms with E-state index in [2.05, 4.69) is 0 Å². The summed E-state index contributed by atoms with van der Waals surface area (Å²) in [5.41, 5.74) is 1.86. The molecule has 0 aliphatic heterocycles. The van der Waals surface area contributed by atoms with Gasteiger partial charge in [-0.2, -0.15) is 0 Å². The van der Waals surface area contributed by atoms with Crippen LogP contribution in [0.1, 0.15) is 32.4 Å². The molecule has 0 heterocycles. The minimum absolute atomic E-state index is 0.619. The van der Waals surface area contributed by atoms with Gasteiger partial charge in [0.1, 0.15) is 11.7 Å². The minimum atomic E-state index is -1.14. The van der Waals surface area contributed by atoms with Crippen LogP contribution in [0.3, 0.4) is 0 Å². The number of fused-ring (bicyclic) bond motifs is 1. The van der Waals surface area contributed by atoms with Gasteiger partial charge in [0.2, 0.25) is 0 Å². The molecular formula is C17H19ClO3. The number of halogens is 1. The van der Waals surface area contributed by atoms with Gasteiger partial charge in [-0.05, 0) is 37.5 Å². The number of carbonyl (C=O) groups excluding carboxylic acids is 1. The van der Waals surface area contributed by atoms with Gasteiger partial charge in [-0.15, -0.1) is 11.6 Å². The number of rotatable bonds is 3. The van der Waals surface area contributed by atoms with Crippen LogP contribution in [0.15, 0.2) is 42.5 Å². The van der Waals surface area contributed by atoms with Crippen molar-refractivity contribution in [2.24, 2.45) is 0 Å². The Kier molecular flexibility index (Phi) is 4.55. The molecule has 2 aliphatic carbocycles. The molecule has 21 heavy (non-hydrogen) atoms. The number of hydrogen-bond donors (Lipinski definition) is 1. The molecule has 0 aromatic carbocycles. The standard InChI is InChI=1S/C17H19ClO3/c1-17(2,3)21-16(20)14(18)15(19)13-10-9-11-7-5-4-6-8-12(11)13/h4-10,14-15,19H,1-3H3. The highest BCUT2D eigenvalue weighted by molar-refractivity contribution is 6.30. The third kappa shape index (κ3) is 3.74. The van der Waals surface area contributed by atoms with E-state index >= 15 is 0 Å². The summed E-state index contributed by atoms with van der Waals surface area (Å²) in [6, 6.07) is 13.2. The predicted octanol–water partition coefficient (Wildman–Crippen LogP) is 3.77. The molecule has 2 aliphatic rings. The molecule has 0 radical (unpaired) electrons. The molecule has 2 unspecified atom stereocenters. The van der Waals surface area contributed by atoms with Crippen molar-refractivity contribution in [2.45, 2.75) is 37.9 Å². The van der Waals surface area contributed by atoms with Gasteiger partial charge in [-0.3, -0.25) is 4.79 Å². The average Bonchev–Trinajstić information content (AvgIpc) is 2.64. The van der Waals surface area contributed by atoms with Crippen LogP contribution in [-0.2, 0) is 9.53 Å². The number of ether oxygens (including phenoxy) is 1. The Bertz CT molecular complexity index is 603. The zero-order valence-corrected chi connectivity index (χ0v) is 13.1. The maximum absolute atomic E-state index is 12.0. The fourth-order valence-electron chi connectivity index (χ4n) is 2.14. The largest absolute Gasteiger partial charge is 0.459 e. The first-order valence-corrected chi connectivity index (χ1v) is 7.26. The third-order valence-corrected chi connectivity index (χ3v) is 3.47. The Labute approximate surface area is 129 Å². The van der Waals surface area contributed by atoms with Gasteiger partial charge >= 0.3 is 5.97 Å². The van der Waals surface area contributed by atoms with E-state index in [4.69, 9.17) is 16.3 Å². The summed E-state index contributed by atoms with van der Waals surface area (Å²) in [6.07, 6.45) is -1.11. The first-order valence-electron chi connectivity index (χ1n) is 6.82. The fourth-order valence-corrected chi connectivity index (χ4v) is 2.32. The van der Waals surface area contributed by atoms with Crippen molar-refractivity contribution in [1.82, 2.24) is 0 Å². The van der Waals surface area contributed by atoms with Crippen LogP contribution in [0.4, 0.5) is 0 Å². The van der Waals surface area contributed by atoms with E-state index in [0.717, 1.165) is 11.1 Å². The van der Waals surface area contributed by atoms with E-state index < -0.39 is 23.1 Å². The highest BCUT2D eigenvalue weighted by Crippen LogP contribution is 2.34. The Morgan fingerprint density at radius 2 is 1.81 bits per heavy atom. The summed E-state index contributed by atoms with van der Waals surface area (Å²) in [4.78, 5) is 12.0. The lowest BCUT2D eigenvalue weighted by Gasteiger charge is -2.23. The quantitative estimate of drug-likeness (QED) is 0.693. The molecule has 2 atom stereocenters. The molecule has 0 saturated heterocycles. The van der Waals surface area contributed by atoms with E-state index in [-0.39, 0.29) is 0 Å². The Balaban J connectivity index is 2.23. The van der Waals surface area contributed by atoms with Crippen molar-refractivity contribution in [2.75, 3.05) is 0 Å². The molecule has 3 nitrogen and oxygen atoms in total. The molecule has 0 bridgehead atoms. The van der Waals surface area contributed by atoms with Gasteiger partial charge in [0.25, 0.3) is 0 Å². The summed E-state index contributed by atoms with van der Waals surface area (Å²) in [5.74, 6) is -0.619. The van der Waals surface area contributed by atoms with Crippen LogP contribution in [-0.4, -0.2) is 22.1 Å². The molecule has 0 aromatic heterocycles. The SMILES string of the molecule is CC(C)(C)OC(=O)C(Cl)C(O)c1ccc2cccccc1-2. The second-order valence-electron chi connectivity index (χ2n) is 5.95. The summed E-state index contributed by atoms with van der Waals surface area (Å²) < 4.78 is 5.22. The van der Waals surface area contributed by atoms with Crippen LogP contribution < -0.4 is 0 Å². The van der Waals surface area contributed by atoms with Crippen molar-refractivity contribution in [3.05, 3.63) is 48.0 Å². The summed E-state index contributed by atoms with van der Waals surface area (Å²) in [5, 5.41) is 9.25. The van der Waals surface area contributed by atoms with Gasteiger partial charge in [0.05, 0.1) is 0 Å². The summed E-state index contributed by atoms with van der Waals surface area (Å²) >= 11 is 6.09. The first kappa shape index (κ1) is 15.8. The van der Waals surface area contributed by atoms with Crippen molar-refractivity contribution < 1.29 is 14.6 Å². The van der Waals surface area contributed by atoms with E-state index in [1.54, 1.807) is 26.8 Å². The minimum Gasteiger partial charge on any atom is -0.459 e. The number of esters is 1. The molecule has 0 saturated carbocycles. The molecule has 0 aromatic rings. The molecule has 2 rings (SSSR count). The average molecular weight is 307 g/mol. The fraction of sp³-hybridized carbons (Fsp3) is 0.353. The van der Waals surface area contributed by atoms with Gasteiger partial charge in [-0.25, -0.2) is 0 Å². The lowest BCUT2D eigenvalue weighted by molar-refractivity contribution is -0.156. The normalized spacial score (nSPS) is 14.7. The van der Waals surface area contributed by atoms with Gasteiger partial charge < -0.3 is 9.84 Å². The molecule has 0 amide bonds. The van der Waals surface area contributed by atoms with Crippen molar-refractivity contribution in [1.29, 1.82) is 0 Å². The molecule has 112 valence electrons. The summed E-state index contributed by atoms with van der Waals surface area (Å²) in [7, 11) is 0. The Morgan fingerprint density at radius 1 is 1.14 bits per heavy atom. The van der Waals surface area contributed by atoms with Gasteiger partial charge in [0, 0.05) is 0 Å². The molecular weight excluding hydrogens is 288 g/mol. The zero-order valence-electron chi connectivity index (χ0n) is 12.3. The number of aliphatic hydroxyl groups is 1. The van der Waals surface area contributed by atoms with Crippen LogP contribution >= 0.6 is 11.6 Å². The van der Waals surface area contributed by atoms with Crippen LogP contribution in [0.2, 0.25) is 0 Å². The Hall–Kier alpha value is -1.58. The summed E-state index contributed by atoms with van der Waals surface area (Å²) in [6.45, 7) is 5.29. The van der Waals surface area contributed by atoms with Crippen molar-refractivity contribution in [3.63, 3.8) is 0 Å². The highest BCUT2D eigenvalue weighted by atomic mass is 35.5. The van der Waals surface area contributed by atoms with E-state index in [0.29, 0.717) is 5.56 Å². The lowest BCUT2D eigenvalue weighted by Crippen LogP contribution is -2.32.